The van der Waals surface area contributed by atoms with E-state index in [0.29, 0.717) is 22.3 Å². The largest absolute Gasteiger partial charge is 0.416 e. The van der Waals surface area contributed by atoms with E-state index in [9.17, 15) is 62.9 Å². The van der Waals surface area contributed by atoms with E-state index in [1.807, 2.05) is 27.7 Å². The third-order valence-corrected chi connectivity index (χ3v) is 8.01. The van der Waals surface area contributed by atoms with E-state index < -0.39 is 59.2 Å². The van der Waals surface area contributed by atoms with Crippen molar-refractivity contribution in [2.45, 2.75) is 140 Å². The molecular formula is C46H62F12I2O2. The molecule has 2 atom stereocenters. The summed E-state index contributed by atoms with van der Waals surface area (Å²) in [6.45, 7) is 16.9. The van der Waals surface area contributed by atoms with Crippen LogP contribution in [0.3, 0.4) is 0 Å². The molecular weight excluding hydrogens is 1070 g/mol. The monoisotopic (exact) mass is 1130 g/mol. The van der Waals surface area contributed by atoms with Crippen LogP contribution in [0.15, 0.2) is 72.8 Å². The molecule has 4 aromatic carbocycles. The summed E-state index contributed by atoms with van der Waals surface area (Å²) in [4.78, 5) is 0. The quantitative estimate of drug-likeness (QED) is 0.121. The van der Waals surface area contributed by atoms with Gasteiger partial charge in [-0.1, -0.05) is 142 Å². The summed E-state index contributed by atoms with van der Waals surface area (Å²) < 4.78 is 150. The highest BCUT2D eigenvalue weighted by atomic mass is 127. The van der Waals surface area contributed by atoms with Gasteiger partial charge in [0.25, 0.3) is 0 Å². The fraction of sp³-hybridized carbons (Fsp3) is 0.478. The normalized spacial score (nSPS) is 12.2. The molecule has 2 N–H and O–H groups in total. The number of alkyl halides is 14. The van der Waals surface area contributed by atoms with Crippen molar-refractivity contribution in [3.8, 4) is 0 Å². The molecule has 0 saturated heterocycles. The van der Waals surface area contributed by atoms with E-state index in [1.54, 1.807) is 52.0 Å². The van der Waals surface area contributed by atoms with Gasteiger partial charge in [-0.3, -0.25) is 0 Å². The van der Waals surface area contributed by atoms with E-state index in [2.05, 4.69) is 45.2 Å². The van der Waals surface area contributed by atoms with E-state index in [1.165, 1.54) is 40.5 Å². The molecule has 0 radical (unpaired) electrons. The molecule has 356 valence electrons. The Morgan fingerprint density at radius 2 is 0.532 bits per heavy atom. The Hall–Kier alpha value is -2.58. The zero-order valence-electron chi connectivity index (χ0n) is 34.1. The molecule has 0 aromatic heterocycles. The lowest BCUT2D eigenvalue weighted by molar-refractivity contribution is -0.138. The summed E-state index contributed by atoms with van der Waals surface area (Å²) in [6.07, 6.45) is -18.9. The molecule has 0 aliphatic heterocycles. The Labute approximate surface area is 388 Å². The third-order valence-electron chi connectivity index (χ3n) is 8.01. The molecule has 4 aromatic rings. The standard InChI is InChI=1S/2C11H13F3.2C10H11F3O.CH2I2.3CH4/c2*1-7(2)9-4-8(3)5-10(6-9)11(12,13)14;2*1-6-3-8(7(2)14)5-9(4-6)10(11,12)13;2-1-3;;;/h2*4-7H,1-3H3;2*3-5,7,14H,1-2H3;1H2;3*1H4/t;;2*7-;;;;/m..10..../s1. The van der Waals surface area contributed by atoms with Crippen molar-refractivity contribution in [1.29, 1.82) is 0 Å². The maximum absolute atomic E-state index is 12.4. The van der Waals surface area contributed by atoms with Crippen LogP contribution in [0, 0.1) is 27.7 Å². The molecule has 0 bridgehead atoms. The van der Waals surface area contributed by atoms with E-state index in [0.717, 1.165) is 35.4 Å². The summed E-state index contributed by atoms with van der Waals surface area (Å²) in [5, 5.41) is 18.3. The molecule has 0 saturated carbocycles. The number of aryl methyl sites for hydroxylation is 4. The average Bonchev–Trinajstić information content (AvgIpc) is 3.07. The second kappa shape index (κ2) is 28.4. The lowest BCUT2D eigenvalue weighted by Crippen LogP contribution is -2.07. The van der Waals surface area contributed by atoms with Gasteiger partial charge in [-0.2, -0.15) is 52.7 Å². The topological polar surface area (TPSA) is 40.5 Å². The number of hydrogen-bond donors (Lipinski definition) is 2. The van der Waals surface area contributed by atoms with Crippen LogP contribution < -0.4 is 0 Å². The van der Waals surface area contributed by atoms with Crippen LogP contribution in [0.1, 0.15) is 155 Å². The highest BCUT2D eigenvalue weighted by molar-refractivity contribution is 14.2. The zero-order valence-corrected chi connectivity index (χ0v) is 38.4. The van der Waals surface area contributed by atoms with E-state index in [4.69, 9.17) is 0 Å². The second-order valence-corrected chi connectivity index (χ2v) is 18.7. The molecule has 2 nitrogen and oxygen atoms in total. The number of aliphatic hydroxyl groups excluding tert-OH is 2. The lowest BCUT2D eigenvalue weighted by atomic mass is 9.98. The minimum Gasteiger partial charge on any atom is -0.389 e. The van der Waals surface area contributed by atoms with Crippen LogP contribution in [0.2, 0.25) is 0 Å². The number of halogens is 14. The van der Waals surface area contributed by atoms with Gasteiger partial charge in [0.05, 0.1) is 36.9 Å². The number of benzene rings is 4. The van der Waals surface area contributed by atoms with Crippen molar-refractivity contribution in [2.24, 2.45) is 0 Å². The lowest BCUT2D eigenvalue weighted by Gasteiger charge is -2.12. The fourth-order valence-electron chi connectivity index (χ4n) is 5.05. The first-order valence-electron chi connectivity index (χ1n) is 17.9. The molecule has 16 heteroatoms. The first-order chi connectivity index (χ1) is 26.6. The van der Waals surface area contributed by atoms with Gasteiger partial charge in [0.2, 0.25) is 0 Å². The highest BCUT2D eigenvalue weighted by Gasteiger charge is 2.33. The predicted molar refractivity (Wildman–Crippen MR) is 247 cm³/mol. The Kier molecular flexibility index (Phi) is 30.2. The molecule has 0 heterocycles. The molecule has 62 heavy (non-hydrogen) atoms. The summed E-state index contributed by atoms with van der Waals surface area (Å²) in [5.41, 5.74) is 1.81. The SMILES string of the molecule is C.C.C.Cc1cc(C(C)C)cc(C(F)(F)F)c1.Cc1cc(C(C)C)cc(C(F)(F)F)c1.Cc1cc([C@@H](C)O)cc(C(F)(F)F)c1.Cc1cc([C@H](C)O)cc(C(F)(F)F)c1.ICI. The molecule has 0 amide bonds. The molecule has 0 unspecified atom stereocenters. The van der Waals surface area contributed by atoms with Crippen molar-refractivity contribution in [3.63, 3.8) is 0 Å². The average molecular weight is 1130 g/mol. The minimum atomic E-state index is -4.35. The van der Waals surface area contributed by atoms with Gasteiger partial charge in [-0.15, -0.1) is 0 Å². The van der Waals surface area contributed by atoms with Crippen LogP contribution in [0.4, 0.5) is 52.7 Å². The van der Waals surface area contributed by atoms with Gasteiger partial charge in [0.1, 0.15) is 0 Å². The number of hydrogen-bond acceptors (Lipinski definition) is 2. The Balaban J connectivity index is -0.000000348. The smallest absolute Gasteiger partial charge is 0.389 e. The molecule has 4 rings (SSSR count). The van der Waals surface area contributed by atoms with Crippen molar-refractivity contribution >= 4 is 45.2 Å². The van der Waals surface area contributed by atoms with E-state index in [-0.39, 0.29) is 45.2 Å². The van der Waals surface area contributed by atoms with Gasteiger partial charge in [0, 0.05) is 0 Å². The number of rotatable bonds is 4. The van der Waals surface area contributed by atoms with Crippen LogP contribution in [-0.2, 0) is 24.7 Å². The summed E-state index contributed by atoms with van der Waals surface area (Å²) in [5.74, 6) is 0.243. The van der Waals surface area contributed by atoms with Crippen LogP contribution in [0.25, 0.3) is 0 Å². The molecule has 0 aliphatic carbocycles. The Morgan fingerprint density at radius 3 is 0.677 bits per heavy atom. The second-order valence-electron chi connectivity index (χ2n) is 14.3. The van der Waals surface area contributed by atoms with Gasteiger partial charge < -0.3 is 10.2 Å². The van der Waals surface area contributed by atoms with Gasteiger partial charge in [0.15, 0.2) is 0 Å². The van der Waals surface area contributed by atoms with Crippen molar-refractivity contribution in [3.05, 3.63) is 140 Å². The first-order valence-corrected chi connectivity index (χ1v) is 20.9. The van der Waals surface area contributed by atoms with Crippen molar-refractivity contribution in [1.82, 2.24) is 0 Å². The van der Waals surface area contributed by atoms with E-state index >= 15 is 0 Å². The summed E-state index contributed by atoms with van der Waals surface area (Å²) >= 11 is 4.55. The summed E-state index contributed by atoms with van der Waals surface area (Å²) in [6, 6.07) is 15.5. The molecule has 0 fully saturated rings. The van der Waals surface area contributed by atoms with Crippen molar-refractivity contribution < 1.29 is 62.9 Å². The third kappa shape index (κ3) is 25.1. The van der Waals surface area contributed by atoms with Crippen LogP contribution in [0.5, 0.6) is 0 Å². The van der Waals surface area contributed by atoms with Gasteiger partial charge in [-0.25, -0.2) is 0 Å². The van der Waals surface area contributed by atoms with Gasteiger partial charge in [-0.05, 0) is 124 Å². The highest BCUT2D eigenvalue weighted by Crippen LogP contribution is 2.35. The van der Waals surface area contributed by atoms with Gasteiger partial charge >= 0.3 is 24.7 Å². The van der Waals surface area contributed by atoms with Crippen LogP contribution in [-0.4, -0.2) is 12.6 Å². The minimum absolute atomic E-state index is 0. The van der Waals surface area contributed by atoms with Crippen LogP contribution >= 0.6 is 45.2 Å². The molecule has 0 spiro atoms. The fourth-order valence-corrected chi connectivity index (χ4v) is 5.05. The predicted octanol–water partition coefficient (Wildman–Crippen LogP) is 18.1. The molecule has 0 aliphatic rings. The zero-order chi connectivity index (χ0) is 46.4. The number of aliphatic hydroxyl groups is 2. The Bertz CT molecular complexity index is 1610. The first kappa shape index (κ1) is 66.0. The van der Waals surface area contributed by atoms with Crippen molar-refractivity contribution in [2.75, 3.05) is 2.43 Å². The maximum atomic E-state index is 12.4. The summed E-state index contributed by atoms with van der Waals surface area (Å²) in [7, 11) is 0. The Morgan fingerprint density at radius 1 is 0.371 bits per heavy atom. The maximum Gasteiger partial charge on any atom is 0.416 e.